The van der Waals surface area contributed by atoms with E-state index in [-0.39, 0.29) is 18.6 Å². The number of rotatable bonds is 20. The lowest BCUT2D eigenvalue weighted by atomic mass is 9.74. The number of unbranched alkanes of at least 4 members (excludes halogenated alkanes) is 10. The van der Waals surface area contributed by atoms with Gasteiger partial charge in [0.15, 0.2) is 0 Å². The van der Waals surface area contributed by atoms with Crippen LogP contribution in [0.3, 0.4) is 0 Å². The predicted octanol–water partition coefficient (Wildman–Crippen LogP) is 9.65. The number of aliphatic hydroxyl groups is 2. The molecule has 1 aromatic rings. The molecule has 3 fully saturated rings. The number of hydrogen-bond acceptors (Lipinski definition) is 7. The topological polar surface area (TPSA) is 97.6 Å². The molecular weight excluding hydrogens is 598 g/mol. The number of hydrogen-bond donors (Lipinski definition) is 2. The van der Waals surface area contributed by atoms with Crippen LogP contribution in [0, 0.1) is 23.7 Å². The summed E-state index contributed by atoms with van der Waals surface area (Å²) in [6.45, 7) is 13.0. The van der Waals surface area contributed by atoms with Crippen molar-refractivity contribution in [1.29, 1.82) is 0 Å². The molecule has 0 saturated heterocycles. The summed E-state index contributed by atoms with van der Waals surface area (Å²) >= 11 is 0. The Bertz CT molecular complexity index is 981. The van der Waals surface area contributed by atoms with Gasteiger partial charge in [0.25, 0.3) is 0 Å². The molecule has 10 atom stereocenters. The van der Waals surface area contributed by atoms with Crippen LogP contribution in [0.25, 0.3) is 0 Å². The highest BCUT2D eigenvalue weighted by atomic mass is 16.5. The normalized spacial score (nSPS) is 31.9. The van der Waals surface area contributed by atoms with E-state index in [2.05, 4.69) is 34.6 Å². The first-order chi connectivity index (χ1) is 23.2. The molecule has 7 heteroatoms. The van der Waals surface area contributed by atoms with Gasteiger partial charge >= 0.3 is 0 Å². The molecule has 276 valence electrons. The van der Waals surface area contributed by atoms with E-state index in [4.69, 9.17) is 24.4 Å². The third-order valence-electron chi connectivity index (χ3n) is 12.0. The SMILES string of the molecule is CCCCCCCCCCCCCOCC(O)COC1CCC(c2nc(C3CCC(C)CC3C)nc(C3CCC(C)CC3C)n2)C(O)C1. The Balaban J connectivity index is 1.19. The average Bonchev–Trinajstić information content (AvgIpc) is 3.05. The molecule has 3 aliphatic rings. The number of ether oxygens (including phenoxy) is 2. The molecule has 3 aliphatic carbocycles. The Kier molecular flexibility index (Phi) is 17.6. The maximum absolute atomic E-state index is 11.4. The first-order valence-corrected chi connectivity index (χ1v) is 20.6. The molecule has 0 bridgehead atoms. The van der Waals surface area contributed by atoms with Crippen LogP contribution in [0.1, 0.15) is 198 Å². The lowest BCUT2D eigenvalue weighted by Crippen LogP contribution is -2.36. The van der Waals surface area contributed by atoms with Crippen molar-refractivity contribution < 1.29 is 19.7 Å². The van der Waals surface area contributed by atoms with E-state index in [1.54, 1.807) is 0 Å². The summed E-state index contributed by atoms with van der Waals surface area (Å²) in [5.74, 6) is 6.03. The largest absolute Gasteiger partial charge is 0.392 e. The van der Waals surface area contributed by atoms with Gasteiger partial charge in [-0.15, -0.1) is 0 Å². The Morgan fingerprint density at radius 1 is 0.604 bits per heavy atom. The second-order valence-electron chi connectivity index (χ2n) is 16.6. The highest BCUT2D eigenvalue weighted by Gasteiger charge is 2.37. The molecule has 10 unspecified atom stereocenters. The Morgan fingerprint density at radius 3 is 1.58 bits per heavy atom. The third kappa shape index (κ3) is 12.9. The zero-order valence-corrected chi connectivity index (χ0v) is 31.6. The minimum absolute atomic E-state index is 0.0713. The maximum atomic E-state index is 11.4. The zero-order chi connectivity index (χ0) is 34.3. The van der Waals surface area contributed by atoms with E-state index in [0.717, 1.165) is 61.4 Å². The van der Waals surface area contributed by atoms with Crippen molar-refractivity contribution in [2.24, 2.45) is 23.7 Å². The Labute approximate surface area is 294 Å². The molecule has 0 aromatic carbocycles. The summed E-state index contributed by atoms with van der Waals surface area (Å²) in [5.41, 5.74) is 0. The van der Waals surface area contributed by atoms with Crippen LogP contribution >= 0.6 is 0 Å². The molecule has 48 heavy (non-hydrogen) atoms. The standard InChI is InChI=1S/C41H73N3O4/c1-6-7-8-9-10-11-12-13-14-15-16-23-47-27-33(45)28-48-34-19-22-37(38(46)26-34)41-43-39(35-20-17-29(2)24-31(35)4)42-40(44-41)36-21-18-30(3)25-32(36)5/h29-38,45-46H,6-28H2,1-5H3. The average molecular weight is 672 g/mol. The van der Waals surface area contributed by atoms with Crippen molar-refractivity contribution in [2.45, 2.75) is 199 Å². The second-order valence-corrected chi connectivity index (χ2v) is 16.6. The molecule has 1 heterocycles. The van der Waals surface area contributed by atoms with Crippen molar-refractivity contribution in [3.8, 4) is 0 Å². The number of nitrogens with zero attached hydrogens (tertiary/aromatic N) is 3. The Hall–Kier alpha value is -1.15. The second kappa shape index (κ2) is 21.3. The van der Waals surface area contributed by atoms with Crippen LogP contribution in [-0.4, -0.2) is 63.3 Å². The van der Waals surface area contributed by atoms with Crippen LogP contribution in [0.5, 0.6) is 0 Å². The Morgan fingerprint density at radius 2 is 1.08 bits per heavy atom. The summed E-state index contributed by atoms with van der Waals surface area (Å²) < 4.78 is 11.9. The summed E-state index contributed by atoms with van der Waals surface area (Å²) in [6.07, 6.45) is 22.5. The van der Waals surface area contributed by atoms with Gasteiger partial charge in [-0.25, -0.2) is 15.0 Å². The quantitative estimate of drug-likeness (QED) is 0.133. The van der Waals surface area contributed by atoms with Crippen molar-refractivity contribution in [2.75, 3.05) is 19.8 Å². The van der Waals surface area contributed by atoms with Crippen LogP contribution in [0.2, 0.25) is 0 Å². The predicted molar refractivity (Wildman–Crippen MR) is 195 cm³/mol. The van der Waals surface area contributed by atoms with Crippen molar-refractivity contribution in [1.82, 2.24) is 15.0 Å². The smallest absolute Gasteiger partial charge is 0.138 e. The molecular formula is C41H73N3O4. The lowest BCUT2D eigenvalue weighted by Gasteiger charge is -2.36. The van der Waals surface area contributed by atoms with Gasteiger partial charge < -0.3 is 19.7 Å². The fourth-order valence-electron chi connectivity index (χ4n) is 8.97. The minimum Gasteiger partial charge on any atom is -0.392 e. The van der Waals surface area contributed by atoms with Gasteiger partial charge in [0.2, 0.25) is 0 Å². The molecule has 0 radical (unpaired) electrons. The summed E-state index contributed by atoms with van der Waals surface area (Å²) in [5, 5.41) is 21.9. The van der Waals surface area contributed by atoms with Gasteiger partial charge in [-0.1, -0.05) is 98.8 Å². The lowest BCUT2D eigenvalue weighted by molar-refractivity contribution is -0.0721. The van der Waals surface area contributed by atoms with Gasteiger partial charge in [-0.3, -0.25) is 0 Å². The molecule has 2 N–H and O–H groups in total. The first kappa shape index (κ1) is 39.6. The molecule has 0 aliphatic heterocycles. The summed E-state index contributed by atoms with van der Waals surface area (Å²) in [7, 11) is 0. The third-order valence-corrected chi connectivity index (χ3v) is 12.0. The van der Waals surface area contributed by atoms with E-state index in [1.165, 1.54) is 89.9 Å². The highest BCUT2D eigenvalue weighted by molar-refractivity contribution is 5.13. The van der Waals surface area contributed by atoms with Gasteiger partial charge in [0.05, 0.1) is 25.4 Å². The summed E-state index contributed by atoms with van der Waals surface area (Å²) in [4.78, 5) is 15.5. The van der Waals surface area contributed by atoms with E-state index in [0.29, 0.717) is 43.3 Å². The molecule has 7 nitrogen and oxygen atoms in total. The number of aliphatic hydroxyl groups excluding tert-OH is 2. The van der Waals surface area contributed by atoms with Crippen molar-refractivity contribution in [3.05, 3.63) is 17.5 Å². The zero-order valence-electron chi connectivity index (χ0n) is 31.6. The van der Waals surface area contributed by atoms with Gasteiger partial charge in [-0.05, 0) is 81.5 Å². The maximum Gasteiger partial charge on any atom is 0.138 e. The van der Waals surface area contributed by atoms with Crippen LogP contribution in [0.4, 0.5) is 0 Å². The highest BCUT2D eigenvalue weighted by Crippen LogP contribution is 2.43. The van der Waals surface area contributed by atoms with E-state index >= 15 is 0 Å². The van der Waals surface area contributed by atoms with Crippen molar-refractivity contribution in [3.63, 3.8) is 0 Å². The monoisotopic (exact) mass is 672 g/mol. The van der Waals surface area contributed by atoms with Crippen LogP contribution in [-0.2, 0) is 9.47 Å². The molecule has 3 saturated carbocycles. The van der Waals surface area contributed by atoms with Gasteiger partial charge in [0, 0.05) is 30.8 Å². The molecule has 0 amide bonds. The fraction of sp³-hybridized carbons (Fsp3) is 0.927. The van der Waals surface area contributed by atoms with Gasteiger partial charge in [-0.2, -0.15) is 0 Å². The van der Waals surface area contributed by atoms with E-state index in [9.17, 15) is 10.2 Å². The molecule has 4 rings (SSSR count). The van der Waals surface area contributed by atoms with E-state index in [1.807, 2.05) is 0 Å². The minimum atomic E-state index is -0.637. The van der Waals surface area contributed by atoms with E-state index < -0.39 is 12.2 Å². The molecule has 1 aromatic heterocycles. The van der Waals surface area contributed by atoms with Crippen molar-refractivity contribution >= 4 is 0 Å². The fourth-order valence-corrected chi connectivity index (χ4v) is 8.97. The number of aromatic nitrogens is 3. The van der Waals surface area contributed by atoms with Crippen LogP contribution in [0.15, 0.2) is 0 Å². The van der Waals surface area contributed by atoms with Gasteiger partial charge in [0.1, 0.15) is 23.6 Å². The summed E-state index contributed by atoms with van der Waals surface area (Å²) in [6, 6.07) is 0. The van der Waals surface area contributed by atoms with Crippen LogP contribution < -0.4 is 0 Å². The first-order valence-electron chi connectivity index (χ1n) is 20.6. The molecule has 0 spiro atoms.